The van der Waals surface area contributed by atoms with Crippen molar-refractivity contribution in [2.75, 3.05) is 0 Å². The molecule has 1 aromatic heterocycles. The van der Waals surface area contributed by atoms with Gasteiger partial charge in [0.05, 0.1) is 16.8 Å². The molecule has 1 amide bonds. The highest BCUT2D eigenvalue weighted by atomic mass is 79.9. The van der Waals surface area contributed by atoms with Crippen molar-refractivity contribution in [1.29, 1.82) is 0 Å². The summed E-state index contributed by atoms with van der Waals surface area (Å²) >= 11 is 3.44. The number of halogens is 1. The average molecular weight is 406 g/mol. The van der Waals surface area contributed by atoms with Gasteiger partial charge in [0.2, 0.25) is 0 Å². The third-order valence-corrected chi connectivity index (χ3v) is 3.92. The molecule has 6 nitrogen and oxygen atoms in total. The summed E-state index contributed by atoms with van der Waals surface area (Å²) in [6.07, 6.45) is 3.22. The van der Waals surface area contributed by atoms with E-state index in [-0.39, 0.29) is 17.2 Å². The Labute approximate surface area is 154 Å². The van der Waals surface area contributed by atoms with Crippen molar-refractivity contribution in [3.05, 3.63) is 62.5 Å². The molecule has 0 aliphatic carbocycles. The minimum absolute atomic E-state index is 0.0587. The Morgan fingerprint density at radius 3 is 2.80 bits per heavy atom. The summed E-state index contributed by atoms with van der Waals surface area (Å²) in [6, 6.07) is 8.62. The number of hydrogen-bond donors (Lipinski definition) is 1. The molecule has 0 spiro atoms. The molecule has 0 bridgehead atoms. The molecule has 0 unspecified atom stereocenters. The topological polar surface area (TPSA) is 72.7 Å². The van der Waals surface area contributed by atoms with Crippen LogP contribution in [0.1, 0.15) is 36.7 Å². The molecular formula is C18H20BrN3O3. The van der Waals surface area contributed by atoms with Gasteiger partial charge in [-0.15, -0.1) is 0 Å². The van der Waals surface area contributed by atoms with Crippen molar-refractivity contribution in [3.8, 4) is 5.75 Å². The predicted molar refractivity (Wildman–Crippen MR) is 101 cm³/mol. The second-order valence-electron chi connectivity index (χ2n) is 5.57. The molecule has 0 fully saturated rings. The lowest BCUT2D eigenvalue weighted by molar-refractivity contribution is 0.0953. The standard InChI is InChI=1S/C18H20BrN3O3/c1-4-22-9-5-6-14(18(22)24)17(23)21-20-11-13-7-8-16(15(19)10-13)25-12(2)3/h5-12H,4H2,1-3H3,(H,21,23)/b20-11-. The van der Waals surface area contributed by atoms with E-state index in [4.69, 9.17) is 4.74 Å². The number of hydrogen-bond acceptors (Lipinski definition) is 4. The van der Waals surface area contributed by atoms with E-state index >= 15 is 0 Å². The zero-order chi connectivity index (χ0) is 18.4. The molecule has 0 aliphatic heterocycles. The Morgan fingerprint density at radius 1 is 1.40 bits per heavy atom. The molecule has 2 rings (SSSR count). The van der Waals surface area contributed by atoms with Crippen LogP contribution in [0.4, 0.5) is 0 Å². The summed E-state index contributed by atoms with van der Waals surface area (Å²) in [5.41, 5.74) is 2.88. The zero-order valence-electron chi connectivity index (χ0n) is 14.3. The molecular weight excluding hydrogens is 386 g/mol. The lowest BCUT2D eigenvalue weighted by Gasteiger charge is -2.11. The van der Waals surface area contributed by atoms with E-state index in [1.807, 2.05) is 39.0 Å². The molecule has 0 saturated carbocycles. The second kappa shape index (κ2) is 8.62. The first-order valence-corrected chi connectivity index (χ1v) is 8.70. The van der Waals surface area contributed by atoms with Gasteiger partial charge >= 0.3 is 0 Å². The predicted octanol–water partition coefficient (Wildman–Crippen LogP) is 3.18. The third kappa shape index (κ3) is 5.03. The normalized spacial score (nSPS) is 11.1. The Kier molecular flexibility index (Phi) is 6.52. The van der Waals surface area contributed by atoms with E-state index in [9.17, 15) is 9.59 Å². The van der Waals surface area contributed by atoms with E-state index in [1.54, 1.807) is 12.3 Å². The van der Waals surface area contributed by atoms with Crippen molar-refractivity contribution in [1.82, 2.24) is 9.99 Å². The Hall–Kier alpha value is -2.41. The van der Waals surface area contributed by atoms with Gasteiger partial charge in [0, 0.05) is 12.7 Å². The molecule has 25 heavy (non-hydrogen) atoms. The summed E-state index contributed by atoms with van der Waals surface area (Å²) in [4.78, 5) is 24.2. The Morgan fingerprint density at radius 2 is 2.16 bits per heavy atom. The van der Waals surface area contributed by atoms with Crippen LogP contribution in [0, 0.1) is 0 Å². The average Bonchev–Trinajstić information content (AvgIpc) is 2.57. The summed E-state index contributed by atoms with van der Waals surface area (Å²) in [5, 5.41) is 3.91. The number of pyridine rings is 1. The van der Waals surface area contributed by atoms with Crippen LogP contribution >= 0.6 is 15.9 Å². The number of nitrogens with zero attached hydrogens (tertiary/aromatic N) is 2. The summed E-state index contributed by atoms with van der Waals surface area (Å²) in [7, 11) is 0. The number of benzene rings is 1. The van der Waals surface area contributed by atoms with Gasteiger partial charge in [0.1, 0.15) is 11.3 Å². The quantitative estimate of drug-likeness (QED) is 0.592. The highest BCUT2D eigenvalue weighted by molar-refractivity contribution is 9.10. The van der Waals surface area contributed by atoms with Gasteiger partial charge in [0.15, 0.2) is 0 Å². The molecule has 1 aromatic carbocycles. The molecule has 0 radical (unpaired) electrons. The Bertz CT molecular complexity index is 844. The van der Waals surface area contributed by atoms with Crippen LogP contribution in [0.2, 0.25) is 0 Å². The van der Waals surface area contributed by atoms with Crippen molar-refractivity contribution >= 4 is 28.1 Å². The fourth-order valence-corrected chi connectivity index (χ4v) is 2.62. The molecule has 0 atom stereocenters. The number of hydrazone groups is 1. The zero-order valence-corrected chi connectivity index (χ0v) is 15.9. The van der Waals surface area contributed by atoms with E-state index in [0.29, 0.717) is 6.54 Å². The van der Waals surface area contributed by atoms with Crippen LogP contribution in [0.3, 0.4) is 0 Å². The first-order valence-electron chi connectivity index (χ1n) is 7.91. The number of aryl methyl sites for hydroxylation is 1. The highest BCUT2D eigenvalue weighted by Gasteiger charge is 2.10. The van der Waals surface area contributed by atoms with E-state index in [0.717, 1.165) is 15.8 Å². The number of rotatable bonds is 6. The largest absolute Gasteiger partial charge is 0.490 e. The third-order valence-electron chi connectivity index (χ3n) is 3.30. The summed E-state index contributed by atoms with van der Waals surface area (Å²) < 4.78 is 7.90. The maximum absolute atomic E-state index is 12.1. The Balaban J connectivity index is 2.07. The summed E-state index contributed by atoms with van der Waals surface area (Å²) in [5.74, 6) is 0.198. The molecule has 132 valence electrons. The van der Waals surface area contributed by atoms with Crippen LogP contribution in [0.15, 0.2) is 50.9 Å². The SMILES string of the molecule is CCn1cccc(C(=O)N/N=C\c2ccc(OC(C)C)c(Br)c2)c1=O. The number of amides is 1. The summed E-state index contributed by atoms with van der Waals surface area (Å²) in [6.45, 7) is 6.24. The van der Waals surface area contributed by atoms with Crippen molar-refractivity contribution in [2.45, 2.75) is 33.4 Å². The minimum atomic E-state index is -0.539. The number of aromatic nitrogens is 1. The number of ether oxygens (including phenoxy) is 1. The van der Waals surface area contributed by atoms with Gasteiger partial charge in [-0.3, -0.25) is 9.59 Å². The highest BCUT2D eigenvalue weighted by Crippen LogP contribution is 2.26. The van der Waals surface area contributed by atoms with Gasteiger partial charge in [-0.05, 0) is 72.6 Å². The van der Waals surface area contributed by atoms with Gasteiger partial charge < -0.3 is 9.30 Å². The molecule has 2 aromatic rings. The number of carbonyl (C=O) groups is 1. The molecule has 0 aliphatic rings. The fourth-order valence-electron chi connectivity index (χ4n) is 2.13. The van der Waals surface area contributed by atoms with Crippen molar-refractivity contribution in [3.63, 3.8) is 0 Å². The van der Waals surface area contributed by atoms with Crippen LogP contribution in [0.25, 0.3) is 0 Å². The van der Waals surface area contributed by atoms with Crippen molar-refractivity contribution in [2.24, 2.45) is 5.10 Å². The number of nitrogens with one attached hydrogen (secondary N) is 1. The molecule has 1 heterocycles. The van der Waals surface area contributed by atoms with E-state index in [2.05, 4.69) is 26.5 Å². The van der Waals surface area contributed by atoms with Gasteiger partial charge in [-0.2, -0.15) is 5.10 Å². The van der Waals surface area contributed by atoms with E-state index < -0.39 is 5.91 Å². The fraction of sp³-hybridized carbons (Fsp3) is 0.278. The number of carbonyl (C=O) groups excluding carboxylic acids is 1. The maximum atomic E-state index is 12.1. The van der Waals surface area contributed by atoms with Crippen LogP contribution in [-0.2, 0) is 6.54 Å². The smallest absolute Gasteiger partial charge is 0.276 e. The second-order valence-corrected chi connectivity index (χ2v) is 6.42. The van der Waals surface area contributed by atoms with Crippen LogP contribution in [-0.4, -0.2) is 22.8 Å². The van der Waals surface area contributed by atoms with Gasteiger partial charge in [0.25, 0.3) is 11.5 Å². The molecule has 7 heteroatoms. The van der Waals surface area contributed by atoms with Crippen molar-refractivity contribution < 1.29 is 9.53 Å². The van der Waals surface area contributed by atoms with Gasteiger partial charge in [-0.25, -0.2) is 5.43 Å². The molecule has 0 saturated heterocycles. The maximum Gasteiger partial charge on any atom is 0.276 e. The first kappa shape index (κ1) is 18.9. The monoisotopic (exact) mass is 405 g/mol. The molecule has 1 N–H and O–H groups in total. The first-order chi connectivity index (χ1) is 11.9. The van der Waals surface area contributed by atoms with Gasteiger partial charge in [-0.1, -0.05) is 0 Å². The lowest BCUT2D eigenvalue weighted by Crippen LogP contribution is -2.30. The minimum Gasteiger partial charge on any atom is -0.490 e. The van der Waals surface area contributed by atoms with Crippen LogP contribution in [0.5, 0.6) is 5.75 Å². The van der Waals surface area contributed by atoms with Crippen LogP contribution < -0.4 is 15.7 Å². The van der Waals surface area contributed by atoms with E-state index in [1.165, 1.54) is 16.8 Å². The lowest BCUT2D eigenvalue weighted by atomic mass is 10.2.